The molecule has 2 rings (SSSR count). The lowest BCUT2D eigenvalue weighted by Crippen LogP contribution is -2.11. The Kier molecular flexibility index (Phi) is 5.04. The largest absolute Gasteiger partial charge is 0.495 e. The van der Waals surface area contributed by atoms with Gasteiger partial charge in [-0.05, 0) is 36.9 Å². The number of hydrogen-bond donors (Lipinski definition) is 1. The van der Waals surface area contributed by atoms with Gasteiger partial charge < -0.3 is 15.0 Å². The topological polar surface area (TPSA) is 24.5 Å². The van der Waals surface area contributed by atoms with Crippen LogP contribution in [0.15, 0.2) is 46.9 Å². The number of halogens is 1. The number of hydrogen-bond acceptors (Lipinski definition) is 3. The van der Waals surface area contributed by atoms with Crippen molar-refractivity contribution < 1.29 is 4.74 Å². The van der Waals surface area contributed by atoms with Gasteiger partial charge in [-0.15, -0.1) is 0 Å². The summed E-state index contributed by atoms with van der Waals surface area (Å²) in [6.45, 7) is 0.846. The lowest BCUT2D eigenvalue weighted by atomic mass is 10.2. The maximum absolute atomic E-state index is 5.42. The molecule has 4 heteroatoms. The van der Waals surface area contributed by atoms with Gasteiger partial charge in [-0.25, -0.2) is 0 Å². The third kappa shape index (κ3) is 3.14. The fourth-order valence-electron chi connectivity index (χ4n) is 2.12. The van der Waals surface area contributed by atoms with Gasteiger partial charge in [0.2, 0.25) is 0 Å². The maximum atomic E-state index is 5.42. The first-order valence-corrected chi connectivity index (χ1v) is 7.26. The molecule has 0 aliphatic rings. The van der Waals surface area contributed by atoms with E-state index in [1.54, 1.807) is 7.11 Å². The number of para-hydroxylation sites is 2. The Morgan fingerprint density at radius 1 is 1.20 bits per heavy atom. The van der Waals surface area contributed by atoms with Crippen molar-refractivity contribution in [3.05, 3.63) is 52.5 Å². The molecule has 0 atom stereocenters. The van der Waals surface area contributed by atoms with Crippen molar-refractivity contribution in [1.82, 2.24) is 5.32 Å². The number of anilines is 2. The van der Waals surface area contributed by atoms with Gasteiger partial charge in [-0.1, -0.05) is 34.1 Å². The molecule has 0 bridgehead atoms. The normalized spacial score (nSPS) is 10.4. The Labute approximate surface area is 128 Å². The second-order valence-electron chi connectivity index (χ2n) is 4.54. The highest BCUT2D eigenvalue weighted by molar-refractivity contribution is 9.10. The van der Waals surface area contributed by atoms with Crippen LogP contribution in [-0.2, 0) is 6.54 Å². The van der Waals surface area contributed by atoms with Gasteiger partial charge in [0, 0.05) is 23.8 Å². The first-order chi connectivity index (χ1) is 9.67. The van der Waals surface area contributed by atoms with E-state index in [1.165, 1.54) is 5.56 Å². The molecule has 0 aliphatic carbocycles. The highest BCUT2D eigenvalue weighted by atomic mass is 79.9. The van der Waals surface area contributed by atoms with E-state index in [0.29, 0.717) is 0 Å². The standard InChI is InChI=1S/C16H19BrN2O/c1-18-11-12-8-9-13(10-14(12)17)19(2)15-6-4-5-7-16(15)20-3/h4-10,18H,11H2,1-3H3. The molecule has 0 saturated heterocycles. The van der Waals surface area contributed by atoms with Crippen molar-refractivity contribution in [2.75, 3.05) is 26.1 Å². The molecule has 20 heavy (non-hydrogen) atoms. The molecule has 0 radical (unpaired) electrons. The number of ether oxygens (including phenoxy) is 1. The predicted molar refractivity (Wildman–Crippen MR) is 88.0 cm³/mol. The minimum Gasteiger partial charge on any atom is -0.495 e. The van der Waals surface area contributed by atoms with Gasteiger partial charge in [0.05, 0.1) is 12.8 Å². The van der Waals surface area contributed by atoms with E-state index in [1.807, 2.05) is 38.4 Å². The van der Waals surface area contributed by atoms with Gasteiger partial charge in [0.25, 0.3) is 0 Å². The number of benzene rings is 2. The summed E-state index contributed by atoms with van der Waals surface area (Å²) in [5.74, 6) is 0.866. The predicted octanol–water partition coefficient (Wildman–Crippen LogP) is 3.95. The number of rotatable bonds is 5. The van der Waals surface area contributed by atoms with E-state index in [2.05, 4.69) is 44.3 Å². The van der Waals surface area contributed by atoms with Crippen LogP contribution in [0.25, 0.3) is 0 Å². The van der Waals surface area contributed by atoms with E-state index in [-0.39, 0.29) is 0 Å². The minimum absolute atomic E-state index is 0.846. The van der Waals surface area contributed by atoms with Crippen molar-refractivity contribution in [3.8, 4) is 5.75 Å². The average Bonchev–Trinajstić information content (AvgIpc) is 2.48. The van der Waals surface area contributed by atoms with Crippen LogP contribution in [0.5, 0.6) is 5.75 Å². The van der Waals surface area contributed by atoms with E-state index in [4.69, 9.17) is 4.74 Å². The minimum atomic E-state index is 0.846. The van der Waals surface area contributed by atoms with Crippen LogP contribution in [0, 0.1) is 0 Å². The van der Waals surface area contributed by atoms with Crippen LogP contribution >= 0.6 is 15.9 Å². The van der Waals surface area contributed by atoms with E-state index in [9.17, 15) is 0 Å². The summed E-state index contributed by atoms with van der Waals surface area (Å²) in [5.41, 5.74) is 3.40. The summed E-state index contributed by atoms with van der Waals surface area (Å²) >= 11 is 3.63. The van der Waals surface area contributed by atoms with Crippen molar-refractivity contribution >= 4 is 27.3 Å². The van der Waals surface area contributed by atoms with Crippen LogP contribution < -0.4 is 15.0 Å². The summed E-state index contributed by atoms with van der Waals surface area (Å²) in [7, 11) is 5.68. The molecular formula is C16H19BrN2O. The number of nitrogens with one attached hydrogen (secondary N) is 1. The Morgan fingerprint density at radius 3 is 2.60 bits per heavy atom. The van der Waals surface area contributed by atoms with Crippen molar-refractivity contribution in [1.29, 1.82) is 0 Å². The first-order valence-electron chi connectivity index (χ1n) is 6.47. The third-order valence-electron chi connectivity index (χ3n) is 3.24. The molecular weight excluding hydrogens is 316 g/mol. The Hall–Kier alpha value is -1.52. The molecule has 0 saturated carbocycles. The smallest absolute Gasteiger partial charge is 0.142 e. The summed E-state index contributed by atoms with van der Waals surface area (Å²) in [6.07, 6.45) is 0. The van der Waals surface area contributed by atoms with Gasteiger partial charge in [-0.3, -0.25) is 0 Å². The highest BCUT2D eigenvalue weighted by Gasteiger charge is 2.10. The van der Waals surface area contributed by atoms with Crippen LogP contribution in [0.1, 0.15) is 5.56 Å². The van der Waals surface area contributed by atoms with E-state index >= 15 is 0 Å². The summed E-state index contributed by atoms with van der Waals surface area (Å²) in [5, 5.41) is 3.16. The molecule has 2 aromatic rings. The fraction of sp³-hybridized carbons (Fsp3) is 0.250. The zero-order valence-corrected chi connectivity index (χ0v) is 13.6. The Balaban J connectivity index is 2.33. The fourth-order valence-corrected chi connectivity index (χ4v) is 2.63. The summed E-state index contributed by atoms with van der Waals surface area (Å²) < 4.78 is 6.52. The Bertz CT molecular complexity index is 586. The molecule has 1 N–H and O–H groups in total. The van der Waals surface area contributed by atoms with E-state index in [0.717, 1.165) is 28.1 Å². The molecule has 0 aromatic heterocycles. The molecule has 0 aliphatic heterocycles. The van der Waals surface area contributed by atoms with Crippen molar-refractivity contribution in [3.63, 3.8) is 0 Å². The van der Waals surface area contributed by atoms with Crippen molar-refractivity contribution in [2.45, 2.75) is 6.54 Å². The Morgan fingerprint density at radius 2 is 1.95 bits per heavy atom. The van der Waals surface area contributed by atoms with Crippen LogP contribution in [0.3, 0.4) is 0 Å². The van der Waals surface area contributed by atoms with E-state index < -0.39 is 0 Å². The van der Waals surface area contributed by atoms with Gasteiger partial charge in [-0.2, -0.15) is 0 Å². The monoisotopic (exact) mass is 334 g/mol. The first kappa shape index (κ1) is 14.9. The third-order valence-corrected chi connectivity index (χ3v) is 3.98. The molecule has 106 valence electrons. The molecule has 3 nitrogen and oxygen atoms in total. The molecule has 0 amide bonds. The maximum Gasteiger partial charge on any atom is 0.142 e. The lowest BCUT2D eigenvalue weighted by Gasteiger charge is -2.22. The molecule has 2 aromatic carbocycles. The highest BCUT2D eigenvalue weighted by Crippen LogP contribution is 2.33. The second kappa shape index (κ2) is 6.77. The zero-order chi connectivity index (χ0) is 14.5. The zero-order valence-electron chi connectivity index (χ0n) is 12.0. The summed E-state index contributed by atoms with van der Waals surface area (Å²) in [6, 6.07) is 14.4. The second-order valence-corrected chi connectivity index (χ2v) is 5.39. The molecule has 0 fully saturated rings. The molecule has 0 spiro atoms. The quantitative estimate of drug-likeness (QED) is 0.896. The van der Waals surface area contributed by atoms with Crippen molar-refractivity contribution in [2.24, 2.45) is 0 Å². The average molecular weight is 335 g/mol. The van der Waals surface area contributed by atoms with Gasteiger partial charge in [0.1, 0.15) is 5.75 Å². The van der Waals surface area contributed by atoms with Crippen LogP contribution in [0.2, 0.25) is 0 Å². The number of methoxy groups -OCH3 is 1. The van der Waals surface area contributed by atoms with Crippen LogP contribution in [0.4, 0.5) is 11.4 Å². The number of nitrogens with zero attached hydrogens (tertiary/aromatic N) is 1. The molecule has 0 unspecified atom stereocenters. The van der Waals surface area contributed by atoms with Crippen LogP contribution in [-0.4, -0.2) is 21.2 Å². The van der Waals surface area contributed by atoms with Gasteiger partial charge in [0.15, 0.2) is 0 Å². The lowest BCUT2D eigenvalue weighted by molar-refractivity contribution is 0.415. The molecule has 0 heterocycles. The summed E-state index contributed by atoms with van der Waals surface area (Å²) in [4.78, 5) is 2.12. The SMILES string of the molecule is CNCc1ccc(N(C)c2ccccc2OC)cc1Br. The van der Waals surface area contributed by atoms with Gasteiger partial charge >= 0.3 is 0 Å².